The molecule has 0 atom stereocenters. The largest absolute Gasteiger partial charge is 0.513 e. The van der Waals surface area contributed by atoms with Crippen molar-refractivity contribution in [1.29, 1.82) is 0 Å². The molecule has 0 saturated carbocycles. The van der Waals surface area contributed by atoms with Crippen LogP contribution >= 0.6 is 0 Å². The van der Waals surface area contributed by atoms with Gasteiger partial charge in [-0.3, -0.25) is 0 Å². The monoisotopic (exact) mass is 332 g/mol. The first kappa shape index (κ1) is 17.8. The fourth-order valence-electron chi connectivity index (χ4n) is 2.33. The number of hydrogen-bond acceptors (Lipinski definition) is 4. The van der Waals surface area contributed by atoms with Gasteiger partial charge in [-0.05, 0) is 42.2 Å². The molecule has 128 valence electrons. The Morgan fingerprint density at radius 2 is 1.88 bits per heavy atom. The molecule has 0 spiro atoms. The summed E-state index contributed by atoms with van der Waals surface area (Å²) in [5.74, 6) is 0.284. The first-order valence-electron chi connectivity index (χ1n) is 7.86. The highest BCUT2D eigenvalue weighted by Gasteiger charge is 2.15. The van der Waals surface area contributed by atoms with Crippen LogP contribution in [0.15, 0.2) is 36.4 Å². The molecule has 0 amide bonds. The summed E-state index contributed by atoms with van der Waals surface area (Å²) in [7, 11) is 1.20. The Kier molecular flexibility index (Phi) is 6.18. The average Bonchev–Trinajstić information content (AvgIpc) is 2.61. The number of carbonyl (C=O) groups excluding carboxylic acids is 1. The van der Waals surface area contributed by atoms with E-state index in [1.54, 1.807) is 0 Å². The number of methoxy groups -OCH3 is 1. The van der Waals surface area contributed by atoms with E-state index < -0.39 is 12.0 Å². The van der Waals surface area contributed by atoms with Crippen LogP contribution in [0.2, 0.25) is 0 Å². The summed E-state index contributed by atoms with van der Waals surface area (Å²) in [6.45, 7) is 4.08. The Balaban J connectivity index is 2.21. The van der Waals surface area contributed by atoms with Crippen LogP contribution in [0, 0.1) is 5.82 Å². The van der Waals surface area contributed by atoms with Crippen LogP contribution in [0.4, 0.5) is 9.18 Å². The summed E-state index contributed by atoms with van der Waals surface area (Å²) < 4.78 is 29.3. The normalized spacial score (nSPS) is 10.3. The maximum absolute atomic E-state index is 14.1. The Morgan fingerprint density at radius 1 is 1.08 bits per heavy atom. The van der Waals surface area contributed by atoms with Crippen molar-refractivity contribution >= 4 is 6.16 Å². The third-order valence-corrected chi connectivity index (χ3v) is 3.72. The van der Waals surface area contributed by atoms with Crippen molar-refractivity contribution in [1.82, 2.24) is 0 Å². The molecule has 24 heavy (non-hydrogen) atoms. The first-order chi connectivity index (χ1) is 11.6. The predicted molar refractivity (Wildman–Crippen MR) is 89.0 cm³/mol. The molecular formula is C19H21FO4. The lowest BCUT2D eigenvalue weighted by atomic mass is 10.1. The van der Waals surface area contributed by atoms with Crippen LogP contribution in [0.25, 0.3) is 0 Å². The number of ether oxygens (including phenoxy) is 3. The molecule has 0 fully saturated rings. The highest BCUT2D eigenvalue weighted by Crippen LogP contribution is 2.26. The lowest BCUT2D eigenvalue weighted by Gasteiger charge is -2.14. The van der Waals surface area contributed by atoms with E-state index in [4.69, 9.17) is 9.47 Å². The van der Waals surface area contributed by atoms with E-state index >= 15 is 0 Å². The summed E-state index contributed by atoms with van der Waals surface area (Å²) in [4.78, 5) is 11.3. The molecule has 0 aromatic heterocycles. The highest BCUT2D eigenvalue weighted by atomic mass is 19.1. The van der Waals surface area contributed by atoms with Crippen LogP contribution in [0.1, 0.15) is 30.5 Å². The molecular weight excluding hydrogens is 311 g/mol. The van der Waals surface area contributed by atoms with E-state index in [0.717, 1.165) is 18.4 Å². The molecule has 2 rings (SSSR count). The number of carbonyl (C=O) groups is 1. The van der Waals surface area contributed by atoms with Crippen LogP contribution in [-0.4, -0.2) is 13.3 Å². The van der Waals surface area contributed by atoms with Crippen molar-refractivity contribution in [3.63, 3.8) is 0 Å². The van der Waals surface area contributed by atoms with Gasteiger partial charge < -0.3 is 14.2 Å². The van der Waals surface area contributed by atoms with Crippen molar-refractivity contribution in [3.05, 3.63) is 58.9 Å². The maximum atomic E-state index is 14.1. The first-order valence-corrected chi connectivity index (χ1v) is 7.86. The Labute approximate surface area is 141 Å². The highest BCUT2D eigenvalue weighted by molar-refractivity contribution is 5.64. The molecule has 2 aromatic rings. The summed E-state index contributed by atoms with van der Waals surface area (Å²) in [6.07, 6.45) is 0.854. The van der Waals surface area contributed by atoms with Crippen LogP contribution in [0.3, 0.4) is 0 Å². The minimum atomic E-state index is -0.900. The second-order valence-electron chi connectivity index (χ2n) is 5.21. The van der Waals surface area contributed by atoms with E-state index in [-0.39, 0.29) is 17.9 Å². The second-order valence-corrected chi connectivity index (χ2v) is 5.21. The number of rotatable bonds is 6. The van der Waals surface area contributed by atoms with Gasteiger partial charge in [0.1, 0.15) is 23.9 Å². The minimum Gasteiger partial charge on any atom is -0.488 e. The van der Waals surface area contributed by atoms with Crippen LogP contribution in [-0.2, 0) is 24.2 Å². The average molecular weight is 332 g/mol. The second kappa shape index (κ2) is 8.34. The fraction of sp³-hybridized carbons (Fsp3) is 0.316. The predicted octanol–water partition coefficient (Wildman–Crippen LogP) is 4.67. The number of aryl methyl sites for hydroxylation is 2. The number of benzene rings is 2. The van der Waals surface area contributed by atoms with E-state index in [2.05, 4.69) is 17.7 Å². The molecule has 5 heteroatoms. The molecule has 0 radical (unpaired) electrons. The van der Waals surface area contributed by atoms with E-state index in [1.807, 2.05) is 19.1 Å². The summed E-state index contributed by atoms with van der Waals surface area (Å²) in [5, 5.41) is 0. The SMILES string of the molecule is CCc1ccc(OCc2c(F)cccc2OC(=O)OC)c(CC)c1. The third kappa shape index (κ3) is 4.25. The van der Waals surface area contributed by atoms with Gasteiger partial charge in [-0.1, -0.05) is 32.0 Å². The van der Waals surface area contributed by atoms with Crippen molar-refractivity contribution in [2.24, 2.45) is 0 Å². The van der Waals surface area contributed by atoms with Crippen LogP contribution in [0.5, 0.6) is 11.5 Å². The molecule has 0 aliphatic carbocycles. The molecule has 2 aromatic carbocycles. The topological polar surface area (TPSA) is 44.8 Å². The lowest BCUT2D eigenvalue weighted by Crippen LogP contribution is -2.11. The molecule has 0 unspecified atom stereocenters. The van der Waals surface area contributed by atoms with Gasteiger partial charge in [-0.15, -0.1) is 0 Å². The molecule has 0 N–H and O–H groups in total. The molecule has 0 bridgehead atoms. The fourth-order valence-corrected chi connectivity index (χ4v) is 2.33. The Bertz CT molecular complexity index is 713. The lowest BCUT2D eigenvalue weighted by molar-refractivity contribution is 0.120. The summed E-state index contributed by atoms with van der Waals surface area (Å²) in [5.41, 5.74) is 2.45. The molecule has 0 aliphatic heterocycles. The quantitative estimate of drug-likeness (QED) is 0.569. The van der Waals surface area contributed by atoms with Gasteiger partial charge in [0.2, 0.25) is 0 Å². The molecule has 4 nitrogen and oxygen atoms in total. The summed E-state index contributed by atoms with van der Waals surface area (Å²) in [6, 6.07) is 10.2. The van der Waals surface area contributed by atoms with E-state index in [1.165, 1.54) is 30.9 Å². The standard InChI is InChI=1S/C19H21FO4/c1-4-13-9-10-17(14(5-2)11-13)23-12-15-16(20)7-6-8-18(15)24-19(21)22-3/h6-11H,4-5,12H2,1-3H3. The Morgan fingerprint density at radius 3 is 2.54 bits per heavy atom. The van der Waals surface area contributed by atoms with E-state index in [0.29, 0.717) is 5.75 Å². The van der Waals surface area contributed by atoms with Gasteiger partial charge in [0, 0.05) is 0 Å². The van der Waals surface area contributed by atoms with Crippen molar-refractivity contribution in [2.45, 2.75) is 33.3 Å². The van der Waals surface area contributed by atoms with Gasteiger partial charge in [0.05, 0.1) is 12.7 Å². The van der Waals surface area contributed by atoms with Crippen molar-refractivity contribution in [2.75, 3.05) is 7.11 Å². The molecule has 0 aliphatic rings. The zero-order valence-corrected chi connectivity index (χ0v) is 14.1. The maximum Gasteiger partial charge on any atom is 0.513 e. The Hall–Kier alpha value is -2.56. The number of hydrogen-bond donors (Lipinski definition) is 0. The number of halogens is 1. The van der Waals surface area contributed by atoms with Gasteiger partial charge in [0.15, 0.2) is 0 Å². The smallest absolute Gasteiger partial charge is 0.488 e. The van der Waals surface area contributed by atoms with Crippen molar-refractivity contribution in [3.8, 4) is 11.5 Å². The molecule has 0 saturated heterocycles. The van der Waals surface area contributed by atoms with Crippen molar-refractivity contribution < 1.29 is 23.4 Å². The molecule has 0 heterocycles. The zero-order chi connectivity index (χ0) is 17.5. The van der Waals surface area contributed by atoms with Gasteiger partial charge >= 0.3 is 6.16 Å². The van der Waals surface area contributed by atoms with Gasteiger partial charge in [-0.2, -0.15) is 0 Å². The minimum absolute atomic E-state index is 0.0442. The van der Waals surface area contributed by atoms with Gasteiger partial charge in [0.25, 0.3) is 0 Å². The van der Waals surface area contributed by atoms with E-state index in [9.17, 15) is 9.18 Å². The zero-order valence-electron chi connectivity index (χ0n) is 14.1. The van der Waals surface area contributed by atoms with Crippen LogP contribution < -0.4 is 9.47 Å². The summed E-state index contributed by atoms with van der Waals surface area (Å²) >= 11 is 0. The van der Waals surface area contributed by atoms with Gasteiger partial charge in [-0.25, -0.2) is 9.18 Å². The third-order valence-electron chi connectivity index (χ3n) is 3.72.